The van der Waals surface area contributed by atoms with Gasteiger partial charge < -0.3 is 74.2 Å². The molecule has 9 atom stereocenters. The molecule has 15 N–H and O–H groups in total. The number of halogens is 1. The van der Waals surface area contributed by atoms with E-state index >= 15 is 0 Å². The predicted octanol–water partition coefficient (Wildman–Crippen LogP) is -0.916. The quantitative estimate of drug-likeness (QED) is 0.0301. The van der Waals surface area contributed by atoms with Crippen LogP contribution in [-0.2, 0) is 72.0 Å². The Hall–Kier alpha value is -8.40. The monoisotopic (exact) mass is 1200 g/mol. The third kappa shape index (κ3) is 19.6. The van der Waals surface area contributed by atoms with Gasteiger partial charge >= 0.3 is 0 Å². The van der Waals surface area contributed by atoms with E-state index in [-0.39, 0.29) is 50.3 Å². The maximum Gasteiger partial charge on any atom is 0.246 e. The summed E-state index contributed by atoms with van der Waals surface area (Å²) in [6.45, 7) is 8.22. The second-order valence-electron chi connectivity index (χ2n) is 22.1. The highest BCUT2D eigenvalue weighted by molar-refractivity contribution is 7.99. The van der Waals surface area contributed by atoms with Crippen molar-refractivity contribution in [3.05, 3.63) is 89.9 Å². The number of thioether (sulfide) groups is 1. The van der Waals surface area contributed by atoms with Crippen molar-refractivity contribution >= 4 is 87.6 Å². The number of primary amides is 2. The first-order valence-corrected chi connectivity index (χ1v) is 29.5. The number of nitrogens with two attached hydrogens (primary N) is 2. The van der Waals surface area contributed by atoms with Gasteiger partial charge in [0.15, 0.2) is 0 Å². The average Bonchev–Trinajstić information content (AvgIpc) is 3.46. The Morgan fingerprint density at radius 1 is 0.729 bits per heavy atom. The summed E-state index contributed by atoms with van der Waals surface area (Å²) in [6.07, 6.45) is 5.83. The molecule has 2 aromatic heterocycles. The molecule has 28 heteroatoms. The molecule has 0 bridgehead atoms. The van der Waals surface area contributed by atoms with E-state index in [1.54, 1.807) is 44.2 Å². The van der Waals surface area contributed by atoms with Crippen molar-refractivity contribution in [2.24, 2.45) is 23.3 Å². The van der Waals surface area contributed by atoms with E-state index in [1.807, 2.05) is 13.8 Å². The minimum absolute atomic E-state index is 0.0379. The molecule has 460 valence electrons. The van der Waals surface area contributed by atoms with Crippen LogP contribution < -0.4 is 59.3 Å². The summed E-state index contributed by atoms with van der Waals surface area (Å²) in [5, 5.41) is 24.8. The highest BCUT2D eigenvalue weighted by Gasteiger charge is 2.39. The third-order valence-corrected chi connectivity index (χ3v) is 15.5. The van der Waals surface area contributed by atoms with Gasteiger partial charge in [-0.2, -0.15) is 0 Å². The molecule has 0 spiro atoms. The molecule has 2 saturated heterocycles. The van der Waals surface area contributed by atoms with Crippen LogP contribution in [-0.4, -0.2) is 164 Å². The number of imidazole rings is 1. The molecule has 0 unspecified atom stereocenters. The Morgan fingerprint density at radius 3 is 2.05 bits per heavy atom. The number of benzene rings is 2. The number of fused-ring (bicyclic) bond motifs is 1. The number of hydrogen-bond donors (Lipinski definition) is 13. The minimum atomic E-state index is -1.50. The van der Waals surface area contributed by atoms with Crippen molar-refractivity contribution in [1.82, 2.24) is 67.7 Å². The molecule has 0 aliphatic carbocycles. The van der Waals surface area contributed by atoms with Gasteiger partial charge in [-0.3, -0.25) is 52.7 Å². The molecule has 2 aromatic carbocycles. The van der Waals surface area contributed by atoms with Crippen molar-refractivity contribution in [2.45, 2.75) is 147 Å². The topological polar surface area (TPSA) is 396 Å². The van der Waals surface area contributed by atoms with E-state index in [4.69, 9.17) is 11.5 Å². The zero-order valence-electron chi connectivity index (χ0n) is 48.2. The highest BCUT2D eigenvalue weighted by Crippen LogP contribution is 2.24. The van der Waals surface area contributed by atoms with E-state index in [0.717, 1.165) is 12.8 Å². The zero-order valence-corrected chi connectivity index (χ0v) is 49.0. The molecule has 4 heterocycles. The zero-order chi connectivity index (χ0) is 61.9. The Kier molecular flexibility index (Phi) is 24.4. The summed E-state index contributed by atoms with van der Waals surface area (Å²) < 4.78 is 14.3. The fraction of sp³-hybridized carbons (Fsp3) is 0.509. The van der Waals surface area contributed by atoms with Gasteiger partial charge in [-0.25, -0.2) is 9.37 Å². The van der Waals surface area contributed by atoms with Gasteiger partial charge in [-0.05, 0) is 80.3 Å². The number of H-pyrrole nitrogens is 2. The van der Waals surface area contributed by atoms with Crippen LogP contribution in [0.4, 0.5) is 4.39 Å². The minimum Gasteiger partial charge on any atom is -0.370 e. The first-order chi connectivity index (χ1) is 40.5. The second-order valence-corrected chi connectivity index (χ2v) is 23.1. The molecule has 85 heavy (non-hydrogen) atoms. The molecular weight excluding hydrogens is 1120 g/mol. The normalized spacial score (nSPS) is 17.5. The molecule has 11 amide bonds. The lowest BCUT2D eigenvalue weighted by Gasteiger charge is -2.29. The highest BCUT2D eigenvalue weighted by atomic mass is 32.2. The van der Waals surface area contributed by atoms with Crippen molar-refractivity contribution in [3.8, 4) is 0 Å². The van der Waals surface area contributed by atoms with E-state index < -0.39 is 138 Å². The van der Waals surface area contributed by atoms with Gasteiger partial charge in [-0.15, -0.1) is 11.8 Å². The van der Waals surface area contributed by atoms with E-state index in [2.05, 4.69) is 62.8 Å². The maximum absolute atomic E-state index is 14.4. The number of rotatable bonds is 30. The molecule has 6 rings (SSSR count). The molecule has 2 aliphatic heterocycles. The van der Waals surface area contributed by atoms with E-state index in [0.29, 0.717) is 46.4 Å². The Morgan fingerprint density at radius 2 is 1.40 bits per heavy atom. The van der Waals surface area contributed by atoms with Gasteiger partial charge in [-0.1, -0.05) is 64.4 Å². The molecule has 26 nitrogen and oxygen atoms in total. The van der Waals surface area contributed by atoms with Crippen LogP contribution in [0.15, 0.2) is 67.3 Å². The number of nitrogens with zero attached hydrogens (tertiary/aromatic N) is 2. The average molecular weight is 1200 g/mol. The first-order valence-electron chi connectivity index (χ1n) is 28.3. The van der Waals surface area contributed by atoms with Gasteiger partial charge in [0.05, 0.1) is 30.5 Å². The molecule has 2 fully saturated rings. The number of amides is 11. The standard InChI is InChI=1S/C57H78FN15O11S/c1-30(2)19-44(57(84)73-29-85-27-45(73)49(60)76)71-55(82)43(23-36-25-61-28-65-36)67-47(75)26-64-56(83)48(31(3)4)72-50(77)32(5)66-53(80)42(21-34-24-63-40-22-35(58)14-15-37(34)40)70-52(79)39(16-17-46(59)74)68-54(81)41(20-33-11-7-6-8-12-33)69-51(78)38-13-9-10-18-62-38/h6-8,11-12,14-15,22,24-25,28,30-32,38-39,41-45,48,62-63H,9-10,13,16-21,23,26-27,29H2,1-5H3,(H2,59,74)(H2,60,76)(H,61,65)(H,64,83)(H,66,80)(H,67,75)(H,68,81)(H,69,78)(H,70,79)(H,71,82)(H,72,77)/t32-,38-,39-,41+,42-,43-,44-,45-,48-/m0/s1. The summed E-state index contributed by atoms with van der Waals surface area (Å²) in [4.78, 5) is 161. The summed E-state index contributed by atoms with van der Waals surface area (Å²) in [5.74, 6) is -8.90. The number of carbonyl (C=O) groups excluding carboxylic acids is 11. The van der Waals surface area contributed by atoms with Gasteiger partial charge in [0, 0.05) is 54.7 Å². The molecule has 4 aromatic rings. The largest absolute Gasteiger partial charge is 0.370 e. The summed E-state index contributed by atoms with van der Waals surface area (Å²) >= 11 is 1.35. The van der Waals surface area contributed by atoms with Crippen molar-refractivity contribution in [3.63, 3.8) is 0 Å². The Bertz CT molecular complexity index is 3010. The smallest absolute Gasteiger partial charge is 0.246 e. The fourth-order valence-electron chi connectivity index (χ4n) is 9.86. The number of nitrogens with one attached hydrogen (secondary N) is 11. The first kappa shape index (κ1) is 65.7. The number of aromatic nitrogens is 3. The SMILES string of the molecule is CC(C)C[C@H](NC(=O)[C@H](Cc1c[nH]cn1)NC(=O)CNC(=O)[C@@H](NC(=O)[C@H](C)NC(=O)[C@H](Cc1c[nH]c2cc(F)ccc12)NC(=O)[C@H](CCC(N)=O)NC(=O)[C@@H](Cc1ccccc1)NC(=O)[C@@H]1CCCCN1)C(C)C)C(=O)N1CSC[C@H]1C(N)=O. The van der Waals surface area contributed by atoms with Gasteiger partial charge in [0.25, 0.3) is 0 Å². The molecule has 2 aliphatic rings. The molecular formula is C57H78FN15O11S. The predicted molar refractivity (Wildman–Crippen MR) is 312 cm³/mol. The van der Waals surface area contributed by atoms with Crippen LogP contribution in [0.2, 0.25) is 0 Å². The van der Waals surface area contributed by atoms with Gasteiger partial charge in [0.2, 0.25) is 65.0 Å². The van der Waals surface area contributed by atoms with Crippen molar-refractivity contribution in [2.75, 3.05) is 24.7 Å². The molecule has 0 saturated carbocycles. The van der Waals surface area contributed by atoms with Crippen LogP contribution in [0.5, 0.6) is 0 Å². The third-order valence-electron chi connectivity index (χ3n) is 14.5. The maximum atomic E-state index is 14.4. The number of carbonyl (C=O) groups is 11. The summed E-state index contributed by atoms with van der Waals surface area (Å²) in [6, 6.07) is 2.17. The summed E-state index contributed by atoms with van der Waals surface area (Å²) in [7, 11) is 0. The second kappa shape index (κ2) is 31.5. The van der Waals surface area contributed by atoms with Crippen molar-refractivity contribution in [1.29, 1.82) is 0 Å². The lowest BCUT2D eigenvalue weighted by molar-refractivity contribution is -0.141. The Balaban J connectivity index is 1.13. The fourth-order valence-corrected chi connectivity index (χ4v) is 11.0. The van der Waals surface area contributed by atoms with Gasteiger partial charge in [0.1, 0.15) is 54.2 Å². The van der Waals surface area contributed by atoms with Crippen LogP contribution in [0.1, 0.15) is 90.0 Å². The lowest BCUT2D eigenvalue weighted by Crippen LogP contribution is -2.60. The number of piperidine rings is 1. The number of hydrogen-bond acceptors (Lipinski definition) is 14. The molecule has 0 radical (unpaired) electrons. The van der Waals surface area contributed by atoms with E-state index in [9.17, 15) is 57.1 Å². The van der Waals surface area contributed by atoms with Crippen LogP contribution >= 0.6 is 11.8 Å². The van der Waals surface area contributed by atoms with Crippen LogP contribution in [0, 0.1) is 17.7 Å². The number of aromatic amines is 2. The van der Waals surface area contributed by atoms with Crippen LogP contribution in [0.25, 0.3) is 10.9 Å². The van der Waals surface area contributed by atoms with E-state index in [1.165, 1.54) is 60.5 Å². The Labute approximate surface area is 495 Å². The van der Waals surface area contributed by atoms with Crippen molar-refractivity contribution < 1.29 is 57.1 Å². The summed E-state index contributed by atoms with van der Waals surface area (Å²) in [5.41, 5.74) is 13.0. The lowest BCUT2D eigenvalue weighted by atomic mass is 10.0. The van der Waals surface area contributed by atoms with Crippen LogP contribution in [0.3, 0.4) is 0 Å².